The number of esters is 1. The Balaban J connectivity index is 2.35. The van der Waals surface area contributed by atoms with Gasteiger partial charge in [-0.15, -0.1) is 0 Å². The third-order valence-corrected chi connectivity index (χ3v) is 4.53. The zero-order valence-corrected chi connectivity index (χ0v) is 13.0. The molecule has 1 atom stereocenters. The van der Waals surface area contributed by atoms with Crippen LogP contribution in [0.5, 0.6) is 0 Å². The standard InChI is InChI=1S/C12H22N2O2S2/c1-4-13-6-8-14(9-7-13)12(17)18-10(3)11(15)16-5-2/h10H,4-9H2,1-3H3. The van der Waals surface area contributed by atoms with E-state index in [1.165, 1.54) is 11.8 Å². The van der Waals surface area contributed by atoms with E-state index >= 15 is 0 Å². The largest absolute Gasteiger partial charge is 0.465 e. The molecular weight excluding hydrogens is 268 g/mol. The minimum absolute atomic E-state index is 0.183. The van der Waals surface area contributed by atoms with E-state index in [1.807, 2.05) is 13.8 Å². The molecule has 6 heteroatoms. The zero-order valence-electron chi connectivity index (χ0n) is 11.3. The summed E-state index contributed by atoms with van der Waals surface area (Å²) in [6.45, 7) is 11.3. The fraction of sp³-hybridized carbons (Fsp3) is 0.833. The maximum absolute atomic E-state index is 11.5. The van der Waals surface area contributed by atoms with Crippen LogP contribution in [0.2, 0.25) is 0 Å². The summed E-state index contributed by atoms with van der Waals surface area (Å²) in [5.74, 6) is -0.183. The van der Waals surface area contributed by atoms with Gasteiger partial charge in [-0.05, 0) is 20.4 Å². The molecule has 1 unspecified atom stereocenters. The number of thioether (sulfide) groups is 1. The number of carbonyl (C=O) groups excluding carboxylic acids is 1. The van der Waals surface area contributed by atoms with E-state index in [4.69, 9.17) is 17.0 Å². The lowest BCUT2D eigenvalue weighted by atomic mass is 10.3. The first kappa shape index (κ1) is 15.7. The zero-order chi connectivity index (χ0) is 13.5. The summed E-state index contributed by atoms with van der Waals surface area (Å²) in [7, 11) is 0. The second-order valence-electron chi connectivity index (χ2n) is 4.20. The van der Waals surface area contributed by atoms with Gasteiger partial charge in [-0.2, -0.15) is 0 Å². The topological polar surface area (TPSA) is 32.8 Å². The Morgan fingerprint density at radius 2 is 1.94 bits per heavy atom. The highest BCUT2D eigenvalue weighted by Crippen LogP contribution is 2.18. The number of likely N-dealkylation sites (N-methyl/N-ethyl adjacent to an activating group) is 1. The van der Waals surface area contributed by atoms with Crippen molar-refractivity contribution in [2.24, 2.45) is 0 Å². The molecule has 1 rings (SSSR count). The molecule has 0 bridgehead atoms. The number of thiocarbonyl (C=S) groups is 1. The Hall–Kier alpha value is -0.330. The van der Waals surface area contributed by atoms with Crippen molar-refractivity contribution in [2.75, 3.05) is 39.3 Å². The number of rotatable bonds is 4. The van der Waals surface area contributed by atoms with Crippen molar-refractivity contribution in [1.82, 2.24) is 9.80 Å². The molecule has 0 amide bonds. The monoisotopic (exact) mass is 290 g/mol. The van der Waals surface area contributed by atoms with Crippen LogP contribution in [0.15, 0.2) is 0 Å². The predicted octanol–water partition coefficient (Wildman–Crippen LogP) is 1.59. The Bertz CT molecular complexity index is 292. The summed E-state index contributed by atoms with van der Waals surface area (Å²) in [5.41, 5.74) is 0. The van der Waals surface area contributed by atoms with Crippen LogP contribution in [0.25, 0.3) is 0 Å². The number of piperazine rings is 1. The maximum atomic E-state index is 11.5. The van der Waals surface area contributed by atoms with Gasteiger partial charge in [0.25, 0.3) is 0 Å². The van der Waals surface area contributed by atoms with Crippen molar-refractivity contribution < 1.29 is 9.53 Å². The molecule has 0 radical (unpaired) electrons. The SMILES string of the molecule is CCOC(=O)C(C)SC(=S)N1CCN(CC)CC1. The van der Waals surface area contributed by atoms with Crippen molar-refractivity contribution >= 4 is 34.3 Å². The Labute approximate surface area is 119 Å². The fourth-order valence-corrected chi connectivity index (χ4v) is 3.19. The Morgan fingerprint density at radius 1 is 1.33 bits per heavy atom. The molecular formula is C12H22N2O2S2. The summed E-state index contributed by atoms with van der Waals surface area (Å²) in [4.78, 5) is 16.1. The normalized spacial score (nSPS) is 18.5. The molecule has 18 heavy (non-hydrogen) atoms. The van der Waals surface area contributed by atoms with Crippen LogP contribution in [0.1, 0.15) is 20.8 Å². The molecule has 1 saturated heterocycles. The lowest BCUT2D eigenvalue weighted by Gasteiger charge is -2.35. The lowest BCUT2D eigenvalue weighted by molar-refractivity contribution is -0.142. The van der Waals surface area contributed by atoms with Crippen molar-refractivity contribution in [3.8, 4) is 0 Å². The molecule has 1 aliphatic rings. The molecule has 0 aliphatic carbocycles. The summed E-state index contributed by atoms with van der Waals surface area (Å²) < 4.78 is 5.79. The molecule has 0 aromatic heterocycles. The number of hydrogen-bond acceptors (Lipinski definition) is 5. The molecule has 0 aromatic carbocycles. The van der Waals surface area contributed by atoms with Crippen molar-refractivity contribution in [1.29, 1.82) is 0 Å². The first-order chi connectivity index (χ1) is 8.58. The highest BCUT2D eigenvalue weighted by Gasteiger charge is 2.22. The van der Waals surface area contributed by atoms with Crippen LogP contribution in [0, 0.1) is 0 Å². The number of hydrogen-bond donors (Lipinski definition) is 0. The average Bonchev–Trinajstić information content (AvgIpc) is 2.39. The van der Waals surface area contributed by atoms with E-state index in [-0.39, 0.29) is 11.2 Å². The van der Waals surface area contributed by atoms with E-state index in [9.17, 15) is 4.79 Å². The van der Waals surface area contributed by atoms with Gasteiger partial charge in [0.05, 0.1) is 6.61 Å². The summed E-state index contributed by atoms with van der Waals surface area (Å²) in [6.07, 6.45) is 0. The summed E-state index contributed by atoms with van der Waals surface area (Å²) in [6, 6.07) is 0. The van der Waals surface area contributed by atoms with Crippen LogP contribution in [0.3, 0.4) is 0 Å². The Kier molecular flexibility index (Phi) is 6.96. The van der Waals surface area contributed by atoms with Gasteiger partial charge < -0.3 is 14.5 Å². The van der Waals surface area contributed by atoms with Crippen LogP contribution in [-0.2, 0) is 9.53 Å². The van der Waals surface area contributed by atoms with Crippen LogP contribution >= 0.6 is 24.0 Å². The van der Waals surface area contributed by atoms with E-state index in [1.54, 1.807) is 0 Å². The van der Waals surface area contributed by atoms with Gasteiger partial charge in [-0.25, -0.2) is 0 Å². The lowest BCUT2D eigenvalue weighted by Crippen LogP contribution is -2.47. The summed E-state index contributed by atoms with van der Waals surface area (Å²) >= 11 is 6.82. The minimum atomic E-state index is -0.221. The molecule has 4 nitrogen and oxygen atoms in total. The molecule has 104 valence electrons. The second-order valence-corrected chi connectivity index (χ2v) is 6.17. The van der Waals surface area contributed by atoms with Gasteiger partial charge in [0.2, 0.25) is 0 Å². The van der Waals surface area contributed by atoms with Gasteiger partial charge >= 0.3 is 5.97 Å². The van der Waals surface area contributed by atoms with Crippen LogP contribution in [-0.4, -0.2) is 64.7 Å². The smallest absolute Gasteiger partial charge is 0.319 e. The maximum Gasteiger partial charge on any atom is 0.319 e. The highest BCUT2D eigenvalue weighted by molar-refractivity contribution is 8.23. The number of ether oxygens (including phenoxy) is 1. The number of carbonyl (C=O) groups is 1. The molecule has 0 saturated carbocycles. The van der Waals surface area contributed by atoms with Gasteiger partial charge in [0.15, 0.2) is 0 Å². The van der Waals surface area contributed by atoms with Gasteiger partial charge in [0, 0.05) is 26.2 Å². The third kappa shape index (κ3) is 4.74. The van der Waals surface area contributed by atoms with Crippen molar-refractivity contribution in [3.05, 3.63) is 0 Å². The predicted molar refractivity (Wildman–Crippen MR) is 80.0 cm³/mol. The minimum Gasteiger partial charge on any atom is -0.465 e. The van der Waals surface area contributed by atoms with E-state index in [0.717, 1.165) is 37.0 Å². The molecule has 0 N–H and O–H groups in total. The number of nitrogens with zero attached hydrogens (tertiary/aromatic N) is 2. The van der Waals surface area contributed by atoms with Gasteiger partial charge in [-0.3, -0.25) is 4.79 Å². The van der Waals surface area contributed by atoms with E-state index in [0.29, 0.717) is 6.61 Å². The molecule has 0 spiro atoms. The fourth-order valence-electron chi connectivity index (χ4n) is 1.78. The van der Waals surface area contributed by atoms with Crippen LogP contribution in [0.4, 0.5) is 0 Å². The van der Waals surface area contributed by atoms with Crippen LogP contribution < -0.4 is 0 Å². The van der Waals surface area contributed by atoms with Gasteiger partial charge in [-0.1, -0.05) is 30.9 Å². The Morgan fingerprint density at radius 3 is 2.44 bits per heavy atom. The second kappa shape index (κ2) is 7.96. The highest BCUT2D eigenvalue weighted by atomic mass is 32.2. The molecule has 1 heterocycles. The molecule has 1 aliphatic heterocycles. The molecule has 0 aromatic rings. The van der Waals surface area contributed by atoms with E-state index in [2.05, 4.69) is 16.7 Å². The van der Waals surface area contributed by atoms with Crippen molar-refractivity contribution in [2.45, 2.75) is 26.0 Å². The summed E-state index contributed by atoms with van der Waals surface area (Å²) in [5, 5.41) is -0.221. The molecule has 1 fully saturated rings. The average molecular weight is 290 g/mol. The van der Waals surface area contributed by atoms with Crippen molar-refractivity contribution in [3.63, 3.8) is 0 Å². The first-order valence-corrected chi connectivity index (χ1v) is 7.71. The van der Waals surface area contributed by atoms with Gasteiger partial charge in [0.1, 0.15) is 9.57 Å². The van der Waals surface area contributed by atoms with E-state index < -0.39 is 0 Å². The third-order valence-electron chi connectivity index (χ3n) is 2.97. The first-order valence-electron chi connectivity index (χ1n) is 6.43. The quantitative estimate of drug-likeness (QED) is 0.578.